The van der Waals surface area contributed by atoms with Gasteiger partial charge in [0.1, 0.15) is 5.75 Å². The first kappa shape index (κ1) is 16.8. The molecule has 1 amide bonds. The van der Waals surface area contributed by atoms with Gasteiger partial charge in [-0.3, -0.25) is 10.1 Å². The van der Waals surface area contributed by atoms with Gasteiger partial charge in [-0.25, -0.2) is 0 Å². The summed E-state index contributed by atoms with van der Waals surface area (Å²) in [7, 11) is 0. The molecule has 0 bridgehead atoms. The molecule has 0 spiro atoms. The average Bonchev–Trinajstić information content (AvgIpc) is 2.95. The van der Waals surface area contributed by atoms with E-state index in [2.05, 4.69) is 22.1 Å². The molecule has 1 heterocycles. The van der Waals surface area contributed by atoms with E-state index < -0.39 is 6.10 Å². The number of hydrogen-bond acceptors (Lipinski definition) is 6. The molecule has 2 aromatic rings. The van der Waals surface area contributed by atoms with Crippen molar-refractivity contribution >= 4 is 45.7 Å². The Labute approximate surface area is 141 Å². The van der Waals surface area contributed by atoms with Crippen molar-refractivity contribution in [3.8, 4) is 5.75 Å². The molecule has 0 aliphatic carbocycles. The number of thioether (sulfide) groups is 1. The SMILES string of the molecule is C=CCSc1nnc(NC(=O)[C@@H](C)Oc2ccc(Cl)cc2)s1. The van der Waals surface area contributed by atoms with Gasteiger partial charge in [0.15, 0.2) is 10.4 Å². The van der Waals surface area contributed by atoms with Crippen molar-refractivity contribution < 1.29 is 9.53 Å². The topological polar surface area (TPSA) is 64.1 Å². The fraction of sp³-hybridized carbons (Fsp3) is 0.214. The summed E-state index contributed by atoms with van der Waals surface area (Å²) in [5.41, 5.74) is 0. The molecule has 1 aromatic carbocycles. The van der Waals surface area contributed by atoms with Crippen LogP contribution in [0.4, 0.5) is 5.13 Å². The lowest BCUT2D eigenvalue weighted by Gasteiger charge is -2.13. The highest BCUT2D eigenvalue weighted by atomic mass is 35.5. The van der Waals surface area contributed by atoms with Gasteiger partial charge in [-0.2, -0.15) is 0 Å². The van der Waals surface area contributed by atoms with Gasteiger partial charge < -0.3 is 4.74 Å². The minimum absolute atomic E-state index is 0.286. The van der Waals surface area contributed by atoms with Crippen molar-refractivity contribution in [1.29, 1.82) is 0 Å². The van der Waals surface area contributed by atoms with Crippen LogP contribution in [0.3, 0.4) is 0 Å². The van der Waals surface area contributed by atoms with Crippen LogP contribution in [0.5, 0.6) is 5.75 Å². The molecule has 1 aromatic heterocycles. The van der Waals surface area contributed by atoms with Crippen LogP contribution in [0.2, 0.25) is 5.02 Å². The lowest BCUT2D eigenvalue weighted by atomic mass is 10.3. The molecule has 0 saturated carbocycles. The zero-order valence-electron chi connectivity index (χ0n) is 11.8. The van der Waals surface area contributed by atoms with Crippen molar-refractivity contribution in [2.45, 2.75) is 17.4 Å². The smallest absolute Gasteiger partial charge is 0.266 e. The Morgan fingerprint density at radius 2 is 2.23 bits per heavy atom. The van der Waals surface area contributed by atoms with Gasteiger partial charge in [-0.05, 0) is 31.2 Å². The number of hydrogen-bond donors (Lipinski definition) is 1. The molecule has 1 atom stereocenters. The molecule has 2 rings (SSSR count). The van der Waals surface area contributed by atoms with Crippen LogP contribution in [0.15, 0.2) is 41.3 Å². The first-order valence-electron chi connectivity index (χ1n) is 6.39. The summed E-state index contributed by atoms with van der Waals surface area (Å²) in [5.74, 6) is 1.04. The highest BCUT2D eigenvalue weighted by Gasteiger charge is 2.17. The standard InChI is InChI=1S/C14H14ClN3O2S2/c1-3-8-21-14-18-17-13(22-14)16-12(19)9(2)20-11-6-4-10(15)5-7-11/h3-7,9H,1,8H2,2H3,(H,16,17,19)/t9-/m1/s1. The van der Waals surface area contributed by atoms with Gasteiger partial charge in [0.25, 0.3) is 5.91 Å². The van der Waals surface area contributed by atoms with Gasteiger partial charge in [-0.15, -0.1) is 16.8 Å². The molecule has 1 N–H and O–H groups in total. The Morgan fingerprint density at radius 1 is 1.50 bits per heavy atom. The number of amides is 1. The van der Waals surface area contributed by atoms with Crippen LogP contribution in [-0.4, -0.2) is 28.0 Å². The van der Waals surface area contributed by atoms with Crippen molar-refractivity contribution in [3.63, 3.8) is 0 Å². The van der Waals surface area contributed by atoms with E-state index in [1.54, 1.807) is 37.3 Å². The van der Waals surface area contributed by atoms with E-state index in [0.29, 0.717) is 15.9 Å². The first-order valence-corrected chi connectivity index (χ1v) is 8.57. The summed E-state index contributed by atoms with van der Waals surface area (Å²) < 4.78 is 6.32. The largest absolute Gasteiger partial charge is 0.481 e. The number of benzene rings is 1. The Kier molecular flexibility index (Phi) is 6.23. The van der Waals surface area contributed by atoms with Crippen molar-refractivity contribution in [2.75, 3.05) is 11.1 Å². The van der Waals surface area contributed by atoms with Crippen LogP contribution >= 0.6 is 34.7 Å². The predicted octanol–water partition coefficient (Wildman–Crippen LogP) is 3.88. The highest BCUT2D eigenvalue weighted by molar-refractivity contribution is 8.01. The summed E-state index contributed by atoms with van der Waals surface area (Å²) in [5, 5.41) is 11.6. The number of carbonyl (C=O) groups is 1. The number of anilines is 1. The maximum Gasteiger partial charge on any atom is 0.266 e. The molecule has 0 aliphatic rings. The number of aromatic nitrogens is 2. The zero-order chi connectivity index (χ0) is 15.9. The number of rotatable bonds is 7. The number of halogens is 1. The maximum atomic E-state index is 12.1. The third-order valence-electron chi connectivity index (χ3n) is 2.46. The molecule has 0 fully saturated rings. The van der Waals surface area contributed by atoms with E-state index in [9.17, 15) is 4.79 Å². The summed E-state index contributed by atoms with van der Waals surface area (Å²) in [6.07, 6.45) is 1.13. The summed E-state index contributed by atoms with van der Waals surface area (Å²) in [6, 6.07) is 6.83. The predicted molar refractivity (Wildman–Crippen MR) is 91.0 cm³/mol. The molecule has 0 saturated heterocycles. The Bertz CT molecular complexity index is 646. The molecule has 0 radical (unpaired) electrons. The number of ether oxygens (including phenoxy) is 1. The molecular formula is C14H14ClN3O2S2. The number of carbonyl (C=O) groups excluding carboxylic acids is 1. The molecular weight excluding hydrogens is 342 g/mol. The highest BCUT2D eigenvalue weighted by Crippen LogP contribution is 2.25. The van der Waals surface area contributed by atoms with Gasteiger partial charge in [0, 0.05) is 10.8 Å². The van der Waals surface area contributed by atoms with Crippen molar-refractivity contribution in [2.24, 2.45) is 0 Å². The lowest BCUT2D eigenvalue weighted by molar-refractivity contribution is -0.122. The quantitative estimate of drug-likeness (QED) is 0.464. The average molecular weight is 356 g/mol. The van der Waals surface area contributed by atoms with Gasteiger partial charge in [0.05, 0.1) is 0 Å². The second kappa shape index (κ2) is 8.17. The van der Waals surface area contributed by atoms with E-state index in [-0.39, 0.29) is 5.91 Å². The van der Waals surface area contributed by atoms with E-state index in [0.717, 1.165) is 10.1 Å². The third-order valence-corrected chi connectivity index (χ3v) is 4.68. The minimum Gasteiger partial charge on any atom is -0.481 e. The monoisotopic (exact) mass is 355 g/mol. The van der Waals surface area contributed by atoms with E-state index in [4.69, 9.17) is 16.3 Å². The molecule has 22 heavy (non-hydrogen) atoms. The summed E-state index contributed by atoms with van der Waals surface area (Å²) >= 11 is 8.63. The second-order valence-electron chi connectivity index (χ2n) is 4.18. The van der Waals surface area contributed by atoms with Crippen LogP contribution in [-0.2, 0) is 4.79 Å². The molecule has 8 heteroatoms. The van der Waals surface area contributed by atoms with Crippen molar-refractivity contribution in [1.82, 2.24) is 10.2 Å². The van der Waals surface area contributed by atoms with Gasteiger partial charge in [-0.1, -0.05) is 40.8 Å². The number of nitrogens with zero attached hydrogens (tertiary/aromatic N) is 2. The molecule has 5 nitrogen and oxygen atoms in total. The van der Waals surface area contributed by atoms with Crippen LogP contribution < -0.4 is 10.1 Å². The second-order valence-corrected chi connectivity index (χ2v) is 6.86. The van der Waals surface area contributed by atoms with Gasteiger partial charge in [0.2, 0.25) is 5.13 Å². The fourth-order valence-corrected chi connectivity index (χ4v) is 3.07. The van der Waals surface area contributed by atoms with Crippen LogP contribution in [0.1, 0.15) is 6.92 Å². The zero-order valence-corrected chi connectivity index (χ0v) is 14.2. The van der Waals surface area contributed by atoms with E-state index >= 15 is 0 Å². The third kappa shape index (κ3) is 5.01. The normalized spacial score (nSPS) is 11.7. The van der Waals surface area contributed by atoms with E-state index in [1.165, 1.54) is 23.1 Å². The van der Waals surface area contributed by atoms with Crippen LogP contribution in [0, 0.1) is 0 Å². The molecule has 0 aliphatic heterocycles. The number of nitrogens with one attached hydrogen (secondary N) is 1. The lowest BCUT2D eigenvalue weighted by Crippen LogP contribution is -2.30. The molecule has 0 unspecified atom stereocenters. The first-order chi connectivity index (χ1) is 10.6. The van der Waals surface area contributed by atoms with Gasteiger partial charge >= 0.3 is 0 Å². The summed E-state index contributed by atoms with van der Waals surface area (Å²) in [4.78, 5) is 12.1. The Balaban J connectivity index is 1.89. The molecule has 116 valence electrons. The fourth-order valence-electron chi connectivity index (χ4n) is 1.43. The van der Waals surface area contributed by atoms with E-state index in [1.807, 2.05) is 0 Å². The Hall–Kier alpha value is -1.57. The maximum absolute atomic E-state index is 12.1. The van der Waals surface area contributed by atoms with Crippen LogP contribution in [0.25, 0.3) is 0 Å². The van der Waals surface area contributed by atoms with Crippen molar-refractivity contribution in [3.05, 3.63) is 41.9 Å². The summed E-state index contributed by atoms with van der Waals surface area (Å²) in [6.45, 7) is 5.31. The minimum atomic E-state index is -0.658. The Morgan fingerprint density at radius 3 is 2.91 bits per heavy atom.